The molecule has 0 amide bonds. The van der Waals surface area contributed by atoms with E-state index in [1.165, 1.54) is 0 Å². The lowest BCUT2D eigenvalue weighted by molar-refractivity contribution is -0.142. The normalized spacial score (nSPS) is 31.6. The molecule has 0 saturated heterocycles. The number of carbonyl (C=O) groups excluding carboxylic acids is 1. The fraction of sp³-hybridized carbons (Fsp3) is 0.889. The first-order chi connectivity index (χ1) is 6.47. The van der Waals surface area contributed by atoms with Gasteiger partial charge < -0.3 is 12.9 Å². The number of hydrogen-bond donors (Lipinski definition) is 0. The molecule has 5 heteroatoms. The fourth-order valence-corrected chi connectivity index (χ4v) is 3.00. The third kappa shape index (κ3) is 1.28. The van der Waals surface area contributed by atoms with Crippen LogP contribution in [0.25, 0.3) is 0 Å². The Labute approximate surface area is 81.1 Å². The molecule has 2 aliphatic rings. The Morgan fingerprint density at radius 2 is 1.71 bits per heavy atom. The molecule has 0 aliphatic heterocycles. The summed E-state index contributed by atoms with van der Waals surface area (Å²) in [7, 11) is 0. The van der Waals surface area contributed by atoms with Crippen molar-refractivity contribution in [1.29, 1.82) is 0 Å². The first-order valence-electron chi connectivity index (χ1n) is 5.20. The van der Waals surface area contributed by atoms with Gasteiger partial charge in [-0.3, -0.25) is 4.79 Å². The van der Waals surface area contributed by atoms with E-state index in [0.29, 0.717) is 12.8 Å². The van der Waals surface area contributed by atoms with Crippen molar-refractivity contribution in [2.45, 2.75) is 44.3 Å². The van der Waals surface area contributed by atoms with Gasteiger partial charge in [-0.2, -0.15) is 0 Å². The average molecular weight is 205 g/mol. The van der Waals surface area contributed by atoms with Crippen molar-refractivity contribution >= 4 is 12.8 Å². The van der Waals surface area contributed by atoms with Gasteiger partial charge >= 0.3 is 6.98 Å². The van der Waals surface area contributed by atoms with Gasteiger partial charge in [0.05, 0.1) is 0 Å². The fourth-order valence-electron chi connectivity index (χ4n) is 3.00. The van der Waals surface area contributed by atoms with Crippen molar-refractivity contribution in [2.75, 3.05) is 0 Å². The van der Waals surface area contributed by atoms with E-state index in [2.05, 4.69) is 0 Å². The molecule has 2 saturated carbocycles. The molecule has 0 aromatic rings. The Kier molecular flexibility index (Phi) is 2.16. The van der Waals surface area contributed by atoms with Crippen molar-refractivity contribution in [1.82, 2.24) is 0 Å². The second-order valence-corrected chi connectivity index (χ2v) is 4.58. The van der Waals surface area contributed by atoms with Crippen molar-refractivity contribution in [3.8, 4) is 0 Å². The number of hydrogen-bond acceptors (Lipinski definition) is 1. The molecule has 2 rings (SSSR count). The standard InChI is InChI=1S/C9H13BF3O/c11-10(12,13)7-6-8(14)9(7)4-2-1-3-5-9/h7H,1-6H2/q-1. The predicted molar refractivity (Wildman–Crippen MR) is 48.0 cm³/mol. The van der Waals surface area contributed by atoms with Gasteiger partial charge in [0.2, 0.25) is 0 Å². The number of Topliss-reactive ketones (excluding diaryl/α,β-unsaturated/α-hetero) is 1. The first kappa shape index (κ1) is 10.1. The van der Waals surface area contributed by atoms with E-state index < -0.39 is 18.2 Å². The molecule has 2 aliphatic carbocycles. The summed E-state index contributed by atoms with van der Waals surface area (Å²) in [5.41, 5.74) is -0.976. The van der Waals surface area contributed by atoms with Gasteiger partial charge in [0, 0.05) is 5.41 Å². The molecular formula is C9H13BF3O-. The Hall–Kier alpha value is -0.475. The van der Waals surface area contributed by atoms with Gasteiger partial charge in [0.1, 0.15) is 5.78 Å². The van der Waals surface area contributed by atoms with Gasteiger partial charge in [-0.15, -0.1) is 0 Å². The van der Waals surface area contributed by atoms with Crippen LogP contribution in [0.2, 0.25) is 5.82 Å². The largest absolute Gasteiger partial charge is 0.482 e. The van der Waals surface area contributed by atoms with Crippen LogP contribution in [0.1, 0.15) is 38.5 Å². The second kappa shape index (κ2) is 3.01. The van der Waals surface area contributed by atoms with Crippen LogP contribution in [0.3, 0.4) is 0 Å². The van der Waals surface area contributed by atoms with Gasteiger partial charge in [-0.1, -0.05) is 25.1 Å². The van der Waals surface area contributed by atoms with Gasteiger partial charge in [0.15, 0.2) is 0 Å². The monoisotopic (exact) mass is 205 g/mol. The highest BCUT2D eigenvalue weighted by Crippen LogP contribution is 2.61. The van der Waals surface area contributed by atoms with E-state index >= 15 is 0 Å². The molecular weight excluding hydrogens is 192 g/mol. The summed E-state index contributed by atoms with van der Waals surface area (Å²) in [6, 6.07) is 0. The SMILES string of the molecule is O=C1CC([B-](F)(F)F)C12CCCCC2. The Bertz CT molecular complexity index is 255. The Morgan fingerprint density at radius 3 is 2.14 bits per heavy atom. The zero-order valence-corrected chi connectivity index (χ0v) is 7.94. The summed E-state index contributed by atoms with van der Waals surface area (Å²) < 4.78 is 37.8. The molecule has 0 radical (unpaired) electrons. The first-order valence-corrected chi connectivity index (χ1v) is 5.20. The quantitative estimate of drug-likeness (QED) is 0.601. The maximum atomic E-state index is 12.6. The van der Waals surface area contributed by atoms with Gasteiger partial charge in [-0.05, 0) is 19.3 Å². The van der Waals surface area contributed by atoms with E-state index in [-0.39, 0.29) is 12.2 Å². The maximum absolute atomic E-state index is 12.6. The van der Waals surface area contributed by atoms with Crippen molar-refractivity contribution in [3.63, 3.8) is 0 Å². The van der Waals surface area contributed by atoms with E-state index in [9.17, 15) is 17.7 Å². The third-order valence-corrected chi connectivity index (χ3v) is 3.87. The minimum absolute atomic E-state index is 0.138. The summed E-state index contributed by atoms with van der Waals surface area (Å²) in [6.07, 6.45) is 3.24. The zero-order valence-electron chi connectivity index (χ0n) is 7.94. The van der Waals surface area contributed by atoms with Crippen LogP contribution in [0.4, 0.5) is 12.9 Å². The molecule has 0 aromatic heterocycles. The van der Waals surface area contributed by atoms with E-state index in [4.69, 9.17) is 0 Å². The number of ketones is 1. The van der Waals surface area contributed by atoms with Crippen molar-refractivity contribution in [3.05, 3.63) is 0 Å². The number of rotatable bonds is 1. The second-order valence-electron chi connectivity index (χ2n) is 4.58. The van der Waals surface area contributed by atoms with E-state index in [0.717, 1.165) is 19.3 Å². The lowest BCUT2D eigenvalue weighted by Gasteiger charge is -2.54. The van der Waals surface area contributed by atoms with Gasteiger partial charge in [-0.25, -0.2) is 0 Å². The van der Waals surface area contributed by atoms with E-state index in [1.807, 2.05) is 0 Å². The highest BCUT2D eigenvalue weighted by atomic mass is 19.4. The van der Waals surface area contributed by atoms with Crippen LogP contribution in [0.5, 0.6) is 0 Å². The van der Waals surface area contributed by atoms with Crippen LogP contribution in [0, 0.1) is 5.41 Å². The molecule has 1 atom stereocenters. The van der Waals surface area contributed by atoms with Crippen LogP contribution < -0.4 is 0 Å². The Morgan fingerprint density at radius 1 is 1.14 bits per heavy atom. The highest BCUT2D eigenvalue weighted by Gasteiger charge is 2.60. The highest BCUT2D eigenvalue weighted by molar-refractivity contribution is 6.62. The Balaban J connectivity index is 2.18. The van der Waals surface area contributed by atoms with Crippen LogP contribution in [0.15, 0.2) is 0 Å². The molecule has 1 unspecified atom stereocenters. The molecule has 14 heavy (non-hydrogen) atoms. The average Bonchev–Trinajstić information content (AvgIpc) is 2.14. The molecule has 80 valence electrons. The summed E-state index contributed by atoms with van der Waals surface area (Å²) in [6.45, 7) is -4.81. The maximum Gasteiger partial charge on any atom is 0.482 e. The molecule has 0 heterocycles. The summed E-state index contributed by atoms with van der Waals surface area (Å²) in [4.78, 5) is 11.4. The minimum atomic E-state index is -4.81. The molecule has 1 spiro atoms. The lowest BCUT2D eigenvalue weighted by atomic mass is 9.42. The molecule has 0 aromatic carbocycles. The van der Waals surface area contributed by atoms with E-state index in [1.54, 1.807) is 0 Å². The molecule has 2 fully saturated rings. The lowest BCUT2D eigenvalue weighted by Crippen LogP contribution is -2.54. The number of carbonyl (C=O) groups is 1. The summed E-state index contributed by atoms with van der Waals surface area (Å²) >= 11 is 0. The topological polar surface area (TPSA) is 17.1 Å². The number of halogens is 3. The molecule has 0 bridgehead atoms. The van der Waals surface area contributed by atoms with Crippen LogP contribution in [-0.2, 0) is 4.79 Å². The van der Waals surface area contributed by atoms with Gasteiger partial charge in [0.25, 0.3) is 0 Å². The zero-order chi connectivity index (χ0) is 10.4. The van der Waals surface area contributed by atoms with Crippen molar-refractivity contribution < 1.29 is 17.7 Å². The predicted octanol–water partition coefficient (Wildman–Crippen LogP) is 3.13. The van der Waals surface area contributed by atoms with Crippen molar-refractivity contribution in [2.24, 2.45) is 5.41 Å². The summed E-state index contributed by atoms with van der Waals surface area (Å²) in [5.74, 6) is -1.42. The summed E-state index contributed by atoms with van der Waals surface area (Å²) in [5, 5.41) is 0. The van der Waals surface area contributed by atoms with Crippen LogP contribution >= 0.6 is 0 Å². The van der Waals surface area contributed by atoms with Crippen LogP contribution in [-0.4, -0.2) is 12.8 Å². The molecule has 0 N–H and O–H groups in total. The smallest absolute Gasteiger partial charge is 0.449 e. The third-order valence-electron chi connectivity index (χ3n) is 3.87. The molecule has 1 nitrogen and oxygen atoms in total. The minimum Gasteiger partial charge on any atom is -0.449 e.